The van der Waals surface area contributed by atoms with Gasteiger partial charge in [0.1, 0.15) is 17.9 Å². The Bertz CT molecular complexity index is 1460. The zero-order valence-corrected chi connectivity index (χ0v) is 27.1. The molecule has 2 atom stereocenters. The lowest BCUT2D eigenvalue weighted by molar-refractivity contribution is -0.0299. The Morgan fingerprint density at radius 2 is 1.93 bits per heavy atom. The maximum absolute atomic E-state index is 14.3. The predicted molar refractivity (Wildman–Crippen MR) is 167 cm³/mol. The Kier molecular flexibility index (Phi) is 9.31. The van der Waals surface area contributed by atoms with Gasteiger partial charge in [-0.15, -0.1) is 0 Å². The number of nitrogens with zero attached hydrogens (tertiary/aromatic N) is 5. The number of carbonyl (C=O) groups excluding carboxylic acids is 1. The summed E-state index contributed by atoms with van der Waals surface area (Å²) >= 11 is 0. The van der Waals surface area contributed by atoms with Gasteiger partial charge in [-0.1, -0.05) is 0 Å². The second kappa shape index (κ2) is 13.1. The number of hydrogen-bond donors (Lipinski definition) is 2. The Labute approximate surface area is 264 Å². The van der Waals surface area contributed by atoms with E-state index in [2.05, 4.69) is 29.2 Å². The normalized spacial score (nSPS) is 23.6. The van der Waals surface area contributed by atoms with Crippen molar-refractivity contribution in [1.82, 2.24) is 29.2 Å². The summed E-state index contributed by atoms with van der Waals surface area (Å²) in [5, 5.41) is 0. The van der Waals surface area contributed by atoms with Gasteiger partial charge in [-0.25, -0.2) is 19.1 Å². The van der Waals surface area contributed by atoms with Crippen LogP contribution >= 0.6 is 0 Å². The molecule has 2 N–H and O–H groups in total. The monoisotopic (exact) mass is 645 g/mol. The zero-order valence-electron chi connectivity index (χ0n) is 26.2. The summed E-state index contributed by atoms with van der Waals surface area (Å²) in [4.78, 5) is 28.7. The minimum atomic E-state index is -3.47. The van der Waals surface area contributed by atoms with Gasteiger partial charge in [0, 0.05) is 50.2 Å². The third kappa shape index (κ3) is 7.40. The second-order valence-electron chi connectivity index (χ2n) is 13.2. The molecule has 1 aromatic heterocycles. The van der Waals surface area contributed by atoms with Crippen LogP contribution in [0, 0.1) is 11.2 Å². The van der Waals surface area contributed by atoms with Gasteiger partial charge in [0.25, 0.3) is 16.1 Å². The molecule has 14 heteroatoms. The smallest absolute Gasteiger partial charge is 0.276 e. The number of likely N-dealkylation sites (tertiary alicyclic amines) is 1. The van der Waals surface area contributed by atoms with Gasteiger partial charge >= 0.3 is 0 Å². The summed E-state index contributed by atoms with van der Waals surface area (Å²) in [7, 11) is -2.08. The molecule has 4 fully saturated rings. The average Bonchev–Trinajstić information content (AvgIpc) is 3.83. The molecule has 3 saturated heterocycles. The first-order chi connectivity index (χ1) is 21.5. The number of hydrogen-bond acceptors (Lipinski definition) is 9. The van der Waals surface area contributed by atoms with Crippen LogP contribution in [-0.2, 0) is 14.9 Å². The molecule has 1 saturated carbocycles. The van der Waals surface area contributed by atoms with Gasteiger partial charge in [-0.3, -0.25) is 4.79 Å². The highest BCUT2D eigenvalue weighted by molar-refractivity contribution is 7.87. The van der Waals surface area contributed by atoms with Gasteiger partial charge in [-0.2, -0.15) is 13.1 Å². The van der Waals surface area contributed by atoms with Crippen molar-refractivity contribution >= 4 is 21.9 Å². The predicted octanol–water partition coefficient (Wildman–Crippen LogP) is 2.92. The number of amides is 1. The van der Waals surface area contributed by atoms with Crippen LogP contribution in [0.2, 0.25) is 0 Å². The largest absolute Gasteiger partial charge is 0.451 e. The number of ether oxygens (including phenoxy) is 2. The molecule has 0 unspecified atom stereocenters. The van der Waals surface area contributed by atoms with Crippen molar-refractivity contribution in [2.75, 3.05) is 51.3 Å². The van der Waals surface area contributed by atoms with Crippen LogP contribution in [0.25, 0.3) is 0 Å². The quantitative estimate of drug-likeness (QED) is 0.379. The first-order valence-electron chi connectivity index (χ1n) is 15.9. The number of halogens is 1. The molecule has 1 aliphatic carbocycles. The molecule has 6 rings (SSSR count). The summed E-state index contributed by atoms with van der Waals surface area (Å²) in [6.07, 6.45) is 8.82. The maximum atomic E-state index is 14.3. The number of nitrogens with one attached hydrogen (secondary N) is 2. The van der Waals surface area contributed by atoms with Crippen LogP contribution in [0.1, 0.15) is 62.7 Å². The number of anilines is 1. The topological polar surface area (TPSA) is 129 Å². The summed E-state index contributed by atoms with van der Waals surface area (Å²) in [5.41, 5.74) is 0.399. The average molecular weight is 646 g/mol. The molecule has 0 radical (unpaired) electrons. The summed E-state index contributed by atoms with van der Waals surface area (Å²) < 4.78 is 55.1. The fraction of sp³-hybridized carbons (Fsp3) is 0.645. The molecule has 0 bridgehead atoms. The zero-order chi connectivity index (χ0) is 31.8. The number of rotatable bonds is 11. The van der Waals surface area contributed by atoms with Crippen molar-refractivity contribution in [2.45, 2.75) is 76.6 Å². The van der Waals surface area contributed by atoms with Crippen LogP contribution < -0.4 is 19.1 Å². The Balaban J connectivity index is 1.04. The lowest BCUT2D eigenvalue weighted by atomic mass is 9.72. The van der Waals surface area contributed by atoms with E-state index in [0.29, 0.717) is 23.9 Å². The van der Waals surface area contributed by atoms with Crippen LogP contribution in [0.15, 0.2) is 30.7 Å². The minimum Gasteiger partial charge on any atom is -0.451 e. The van der Waals surface area contributed by atoms with Gasteiger partial charge < -0.3 is 24.2 Å². The van der Waals surface area contributed by atoms with Crippen LogP contribution in [0.5, 0.6) is 11.5 Å². The molecule has 45 heavy (non-hydrogen) atoms. The Morgan fingerprint density at radius 1 is 1.18 bits per heavy atom. The number of aromatic nitrogens is 2. The number of carbonyl (C=O) groups is 1. The molecular formula is C31H44FN7O5S. The molecule has 4 heterocycles. The Hall–Kier alpha value is -2.91. The molecule has 1 spiro atoms. The molecule has 3 aliphatic heterocycles. The van der Waals surface area contributed by atoms with Crippen molar-refractivity contribution in [3.63, 3.8) is 0 Å². The molecule has 246 valence electrons. The van der Waals surface area contributed by atoms with Crippen LogP contribution in [-0.4, -0.2) is 105 Å². The van der Waals surface area contributed by atoms with E-state index in [9.17, 15) is 17.6 Å². The highest BCUT2D eigenvalue weighted by atomic mass is 32.2. The second-order valence-corrected chi connectivity index (χ2v) is 14.9. The van der Waals surface area contributed by atoms with Gasteiger partial charge in [-0.05, 0) is 83.7 Å². The molecular weight excluding hydrogens is 601 g/mol. The SMILES string of the molecule is CNS(=O)(=O)N[C@@H]1CC[C@@H](CN2CCC3(CC2)CN(c2ncncc2Oc2ccc(F)cc2C(=O)N(C(C)C)C2CC2)C3)OC1. The van der Waals surface area contributed by atoms with E-state index in [1.54, 1.807) is 6.20 Å². The third-order valence-corrected chi connectivity index (χ3v) is 10.7. The molecule has 12 nitrogen and oxygen atoms in total. The lowest BCUT2D eigenvalue weighted by Crippen LogP contribution is -2.61. The summed E-state index contributed by atoms with van der Waals surface area (Å²) in [6, 6.07) is 4.05. The number of piperidine rings is 1. The molecule has 4 aliphatic rings. The van der Waals surface area contributed by atoms with Crippen molar-refractivity contribution in [1.29, 1.82) is 0 Å². The Morgan fingerprint density at radius 3 is 2.58 bits per heavy atom. The van der Waals surface area contributed by atoms with E-state index in [4.69, 9.17) is 9.47 Å². The highest BCUT2D eigenvalue weighted by Gasteiger charge is 2.46. The standard InChI is InChI=1S/C31H44FN7O5S/c1-21(2)39(24-6-7-24)30(40)26-14-22(32)4-9-27(26)44-28-15-34-20-35-29(28)38-18-31(19-38)10-12-37(13-11-31)16-25-8-5-23(17-43-25)36-45(41,42)33-3/h4,9,14-15,20-21,23-25,33,36H,5-8,10-13,16-19H2,1-3H3/t23-,25+/m1/s1. The summed E-state index contributed by atoms with van der Waals surface area (Å²) in [6.45, 7) is 8.83. The van der Waals surface area contributed by atoms with E-state index in [0.717, 1.165) is 71.2 Å². The van der Waals surface area contributed by atoms with Crippen molar-refractivity contribution in [3.8, 4) is 11.5 Å². The van der Waals surface area contributed by atoms with Crippen LogP contribution in [0.3, 0.4) is 0 Å². The third-order valence-electron chi connectivity index (χ3n) is 9.47. The first-order valence-corrected chi connectivity index (χ1v) is 17.4. The lowest BCUT2D eigenvalue weighted by Gasteiger charge is -2.54. The van der Waals surface area contributed by atoms with E-state index < -0.39 is 16.0 Å². The van der Waals surface area contributed by atoms with Crippen molar-refractivity contribution in [2.24, 2.45) is 5.41 Å². The van der Waals surface area contributed by atoms with Gasteiger partial charge in [0.2, 0.25) is 0 Å². The number of benzene rings is 1. The van der Waals surface area contributed by atoms with Crippen LogP contribution in [0.4, 0.5) is 10.2 Å². The molecule has 1 aromatic carbocycles. The van der Waals surface area contributed by atoms with Gasteiger partial charge in [0.05, 0.1) is 24.5 Å². The van der Waals surface area contributed by atoms with E-state index in [-0.39, 0.29) is 41.1 Å². The van der Waals surface area contributed by atoms with E-state index in [1.807, 2.05) is 18.7 Å². The minimum absolute atomic E-state index is 0.00487. The van der Waals surface area contributed by atoms with E-state index in [1.165, 1.54) is 31.6 Å². The van der Waals surface area contributed by atoms with Crippen molar-refractivity contribution < 1.29 is 27.1 Å². The highest BCUT2D eigenvalue weighted by Crippen LogP contribution is 2.45. The molecule has 2 aromatic rings. The van der Waals surface area contributed by atoms with Crippen molar-refractivity contribution in [3.05, 3.63) is 42.1 Å². The summed E-state index contributed by atoms with van der Waals surface area (Å²) in [5.74, 6) is 0.692. The fourth-order valence-electron chi connectivity index (χ4n) is 6.86. The van der Waals surface area contributed by atoms with Gasteiger partial charge in [0.15, 0.2) is 11.6 Å². The van der Waals surface area contributed by atoms with E-state index >= 15 is 0 Å². The molecule has 1 amide bonds. The fourth-order valence-corrected chi connectivity index (χ4v) is 7.60. The maximum Gasteiger partial charge on any atom is 0.276 e. The first kappa shape index (κ1) is 32.0.